The predicted octanol–water partition coefficient (Wildman–Crippen LogP) is 0.514. The van der Waals surface area contributed by atoms with Crippen LogP contribution in [-0.4, -0.2) is 24.4 Å². The van der Waals surface area contributed by atoms with Crippen LogP contribution in [-0.2, 0) is 6.54 Å². The van der Waals surface area contributed by atoms with E-state index >= 15 is 0 Å². The number of nitriles is 1. The minimum atomic E-state index is -0.555. The van der Waals surface area contributed by atoms with Crippen molar-refractivity contribution < 1.29 is 0 Å². The monoisotopic (exact) mass is 266 g/mol. The third kappa shape index (κ3) is 1.93. The summed E-state index contributed by atoms with van der Waals surface area (Å²) < 4.78 is 2.58. The first-order valence-corrected chi connectivity index (χ1v) is 5.95. The van der Waals surface area contributed by atoms with E-state index in [0.29, 0.717) is 12.3 Å². The number of hydrogen-bond acceptors (Lipinski definition) is 5. The van der Waals surface area contributed by atoms with E-state index < -0.39 is 5.56 Å². The maximum Gasteiger partial charge on any atom is 0.312 e. The van der Waals surface area contributed by atoms with Crippen LogP contribution in [0.15, 0.2) is 35.4 Å². The smallest absolute Gasteiger partial charge is 0.264 e. The molecule has 98 valence electrons. The van der Waals surface area contributed by atoms with Crippen molar-refractivity contribution in [1.29, 1.82) is 5.26 Å². The van der Waals surface area contributed by atoms with Crippen LogP contribution in [0, 0.1) is 18.3 Å². The van der Waals surface area contributed by atoms with Crippen LogP contribution in [0.1, 0.15) is 16.8 Å². The number of fused-ring (bicyclic) bond motifs is 1. The lowest BCUT2D eigenvalue weighted by Gasteiger charge is -2.07. The quantitative estimate of drug-likeness (QED) is 0.674. The molecule has 0 atom stereocenters. The van der Waals surface area contributed by atoms with Gasteiger partial charge in [-0.1, -0.05) is 29.8 Å². The van der Waals surface area contributed by atoms with Gasteiger partial charge >= 0.3 is 5.56 Å². The van der Waals surface area contributed by atoms with Gasteiger partial charge in [0.2, 0.25) is 5.69 Å². The highest BCUT2D eigenvalue weighted by atomic mass is 16.1. The van der Waals surface area contributed by atoms with Crippen molar-refractivity contribution in [3.05, 3.63) is 57.8 Å². The first-order chi connectivity index (χ1) is 9.69. The van der Waals surface area contributed by atoms with Gasteiger partial charge in [0.1, 0.15) is 12.4 Å². The fraction of sp³-hybridized carbons (Fsp3) is 0.154. The second-order valence-electron chi connectivity index (χ2n) is 4.38. The number of hydrogen-bond donors (Lipinski definition) is 0. The molecule has 7 heteroatoms. The summed E-state index contributed by atoms with van der Waals surface area (Å²) >= 11 is 0. The average molecular weight is 266 g/mol. The summed E-state index contributed by atoms with van der Waals surface area (Å²) in [6.07, 6.45) is 1.27. The average Bonchev–Trinajstić information content (AvgIpc) is 2.94. The summed E-state index contributed by atoms with van der Waals surface area (Å²) in [5.74, 6) is 0.314. The topological polar surface area (TPSA) is 88.9 Å². The number of nitrogens with zero attached hydrogens (tertiary/aromatic N) is 6. The van der Waals surface area contributed by atoms with Crippen molar-refractivity contribution in [2.45, 2.75) is 13.5 Å². The highest BCUT2D eigenvalue weighted by molar-refractivity contribution is 5.30. The maximum absolute atomic E-state index is 11.8. The van der Waals surface area contributed by atoms with E-state index in [4.69, 9.17) is 5.26 Å². The minimum absolute atomic E-state index is 0.199. The lowest BCUT2D eigenvalue weighted by Crippen LogP contribution is -2.25. The summed E-state index contributed by atoms with van der Waals surface area (Å²) in [6.45, 7) is 2.42. The van der Waals surface area contributed by atoms with Crippen molar-refractivity contribution in [3.63, 3.8) is 0 Å². The number of aromatic nitrogens is 5. The fourth-order valence-electron chi connectivity index (χ4n) is 1.91. The van der Waals surface area contributed by atoms with Crippen molar-refractivity contribution in [2.24, 2.45) is 0 Å². The van der Waals surface area contributed by atoms with E-state index in [2.05, 4.69) is 15.2 Å². The van der Waals surface area contributed by atoms with Crippen LogP contribution in [0.25, 0.3) is 5.78 Å². The highest BCUT2D eigenvalue weighted by Gasteiger charge is 2.12. The summed E-state index contributed by atoms with van der Waals surface area (Å²) in [7, 11) is 0. The largest absolute Gasteiger partial charge is 0.312 e. The van der Waals surface area contributed by atoms with Gasteiger partial charge in [0.05, 0.1) is 6.54 Å². The molecule has 0 fully saturated rings. The molecule has 2 heterocycles. The van der Waals surface area contributed by atoms with Crippen LogP contribution >= 0.6 is 0 Å². The molecular weight excluding hydrogens is 256 g/mol. The van der Waals surface area contributed by atoms with E-state index in [9.17, 15) is 4.79 Å². The lowest BCUT2D eigenvalue weighted by molar-refractivity contribution is 0.641. The van der Waals surface area contributed by atoms with Crippen molar-refractivity contribution in [3.8, 4) is 6.07 Å². The summed E-state index contributed by atoms with van der Waals surface area (Å²) in [5, 5.41) is 16.8. The Hall–Kier alpha value is -3.01. The third-order valence-electron chi connectivity index (χ3n) is 2.94. The molecule has 3 rings (SSSR count). The molecule has 0 aliphatic rings. The van der Waals surface area contributed by atoms with Crippen molar-refractivity contribution in [1.82, 2.24) is 24.4 Å². The molecule has 0 radical (unpaired) electrons. The summed E-state index contributed by atoms with van der Waals surface area (Å²) in [4.78, 5) is 15.8. The second kappa shape index (κ2) is 4.59. The fourth-order valence-corrected chi connectivity index (χ4v) is 1.91. The highest BCUT2D eigenvalue weighted by Crippen LogP contribution is 2.06. The van der Waals surface area contributed by atoms with Gasteiger partial charge in [-0.2, -0.15) is 19.9 Å². The standard InChI is InChI=1S/C13H10N6O/c1-9-2-4-10(5-3-9)7-18-13-15-8-16-19(13)12(20)11(6-14)17-18/h2-5,8H,7H2,1H3. The van der Waals surface area contributed by atoms with Gasteiger partial charge in [-0.3, -0.25) is 4.79 Å². The zero-order valence-electron chi connectivity index (χ0n) is 10.7. The Balaban J connectivity index is 2.14. The molecule has 2 aromatic heterocycles. The maximum atomic E-state index is 11.8. The molecule has 0 bridgehead atoms. The molecule has 7 nitrogen and oxygen atoms in total. The molecule has 0 unspecified atom stereocenters. The van der Waals surface area contributed by atoms with Crippen LogP contribution in [0.2, 0.25) is 0 Å². The van der Waals surface area contributed by atoms with Crippen molar-refractivity contribution in [2.75, 3.05) is 0 Å². The Labute approximate surface area is 113 Å². The number of rotatable bonds is 2. The molecule has 0 N–H and O–H groups in total. The molecule has 3 aromatic rings. The molecule has 0 aliphatic carbocycles. The molecule has 20 heavy (non-hydrogen) atoms. The van der Waals surface area contributed by atoms with Gasteiger partial charge in [-0.15, -0.1) is 5.10 Å². The lowest BCUT2D eigenvalue weighted by atomic mass is 10.1. The Morgan fingerprint density at radius 2 is 2.05 bits per heavy atom. The zero-order chi connectivity index (χ0) is 14.1. The SMILES string of the molecule is Cc1ccc(Cn2nc(C#N)c(=O)n3ncnc23)cc1. The third-order valence-corrected chi connectivity index (χ3v) is 2.94. The first kappa shape index (κ1) is 12.0. The van der Waals surface area contributed by atoms with Gasteiger partial charge in [-0.05, 0) is 12.5 Å². The Bertz CT molecular complexity index is 868. The number of benzene rings is 1. The van der Waals surface area contributed by atoms with E-state index in [-0.39, 0.29) is 5.69 Å². The Morgan fingerprint density at radius 3 is 2.75 bits per heavy atom. The van der Waals surface area contributed by atoms with Crippen LogP contribution in [0.5, 0.6) is 0 Å². The van der Waals surface area contributed by atoms with Gasteiger partial charge in [0.15, 0.2) is 0 Å². The van der Waals surface area contributed by atoms with E-state index in [1.165, 1.54) is 11.0 Å². The Morgan fingerprint density at radius 1 is 1.30 bits per heavy atom. The van der Waals surface area contributed by atoms with E-state index in [1.54, 1.807) is 6.07 Å². The van der Waals surface area contributed by atoms with Crippen molar-refractivity contribution >= 4 is 5.78 Å². The van der Waals surface area contributed by atoms with Crippen LogP contribution in [0.4, 0.5) is 0 Å². The van der Waals surface area contributed by atoms with Crippen LogP contribution in [0.3, 0.4) is 0 Å². The van der Waals surface area contributed by atoms with E-state index in [0.717, 1.165) is 15.6 Å². The van der Waals surface area contributed by atoms with Crippen LogP contribution < -0.4 is 5.56 Å². The second-order valence-corrected chi connectivity index (χ2v) is 4.38. The first-order valence-electron chi connectivity index (χ1n) is 5.95. The van der Waals surface area contributed by atoms with Gasteiger partial charge in [-0.25, -0.2) is 4.68 Å². The Kier molecular flexibility index (Phi) is 2.76. The molecular formula is C13H10N6O. The molecule has 1 aromatic carbocycles. The molecule has 0 saturated heterocycles. The molecule has 0 spiro atoms. The summed E-state index contributed by atoms with van der Waals surface area (Å²) in [5.41, 5.74) is 1.41. The molecule has 0 aliphatic heterocycles. The summed E-state index contributed by atoms with van der Waals surface area (Å²) in [6, 6.07) is 9.69. The molecule has 0 saturated carbocycles. The van der Waals surface area contributed by atoms with Gasteiger partial charge in [0, 0.05) is 0 Å². The van der Waals surface area contributed by atoms with Gasteiger partial charge in [0.25, 0.3) is 5.78 Å². The minimum Gasteiger partial charge on any atom is -0.264 e. The molecule has 0 amide bonds. The van der Waals surface area contributed by atoms with Gasteiger partial charge < -0.3 is 0 Å². The number of aryl methyl sites for hydroxylation is 1. The van der Waals surface area contributed by atoms with E-state index in [1.807, 2.05) is 31.2 Å². The predicted molar refractivity (Wildman–Crippen MR) is 70.0 cm³/mol. The zero-order valence-corrected chi connectivity index (χ0v) is 10.7. The normalized spacial score (nSPS) is 10.6.